The molecular formula is C16H13N5O4S3. The summed E-state index contributed by atoms with van der Waals surface area (Å²) < 4.78 is 28.5. The van der Waals surface area contributed by atoms with Gasteiger partial charge >= 0.3 is 0 Å². The molecule has 28 heavy (non-hydrogen) atoms. The van der Waals surface area contributed by atoms with Crippen LogP contribution in [-0.4, -0.2) is 34.6 Å². The minimum Gasteiger partial charge on any atom is -0.322 e. The number of carbonyl (C=O) groups is 1. The molecule has 2 aromatic heterocycles. The standard InChI is InChI=1S/C16H13N5O4S3/c22-13(12-9-18-16-21(14(12)23)6-8-27-16)19-10-1-3-11(4-2-10)28(24,25)20-15-17-5-7-26-15/h1-5,7,9H,6,8H2,(H,17,20)(H,19,22). The Balaban J connectivity index is 1.51. The van der Waals surface area contributed by atoms with E-state index in [0.717, 1.165) is 5.75 Å². The molecule has 3 heterocycles. The number of sulfonamides is 1. The lowest BCUT2D eigenvalue weighted by Crippen LogP contribution is -2.29. The van der Waals surface area contributed by atoms with E-state index in [-0.39, 0.29) is 21.1 Å². The third-order valence-electron chi connectivity index (χ3n) is 3.88. The molecule has 0 unspecified atom stereocenters. The lowest BCUT2D eigenvalue weighted by Gasteiger charge is -2.08. The molecule has 0 saturated carbocycles. The van der Waals surface area contributed by atoms with Crippen LogP contribution in [0.5, 0.6) is 0 Å². The van der Waals surface area contributed by atoms with Crippen LogP contribution < -0.4 is 15.6 Å². The van der Waals surface area contributed by atoms with E-state index in [1.54, 1.807) is 5.38 Å². The Labute approximate surface area is 167 Å². The molecule has 0 spiro atoms. The van der Waals surface area contributed by atoms with E-state index >= 15 is 0 Å². The molecule has 2 N–H and O–H groups in total. The molecule has 0 bridgehead atoms. The van der Waals surface area contributed by atoms with Gasteiger partial charge in [0, 0.05) is 35.8 Å². The zero-order valence-electron chi connectivity index (χ0n) is 14.2. The molecule has 0 aliphatic carbocycles. The number of benzene rings is 1. The fraction of sp³-hybridized carbons (Fsp3) is 0.125. The Morgan fingerprint density at radius 1 is 1.18 bits per heavy atom. The maximum atomic E-state index is 12.4. The van der Waals surface area contributed by atoms with Crippen LogP contribution in [0.2, 0.25) is 0 Å². The van der Waals surface area contributed by atoms with Crippen molar-refractivity contribution in [2.45, 2.75) is 16.6 Å². The number of thiazole rings is 1. The number of anilines is 2. The fourth-order valence-electron chi connectivity index (χ4n) is 2.54. The summed E-state index contributed by atoms with van der Waals surface area (Å²) in [6.45, 7) is 0.519. The number of carbonyl (C=O) groups excluding carboxylic acids is 1. The van der Waals surface area contributed by atoms with Crippen LogP contribution in [0.3, 0.4) is 0 Å². The van der Waals surface area contributed by atoms with Crippen molar-refractivity contribution in [2.24, 2.45) is 0 Å². The summed E-state index contributed by atoms with van der Waals surface area (Å²) in [5, 5.41) is 5.11. The summed E-state index contributed by atoms with van der Waals surface area (Å²) in [4.78, 5) is 32.8. The molecule has 0 fully saturated rings. The number of nitrogens with one attached hydrogen (secondary N) is 2. The van der Waals surface area contributed by atoms with Gasteiger partial charge in [-0.15, -0.1) is 11.3 Å². The number of thioether (sulfide) groups is 1. The number of fused-ring (bicyclic) bond motifs is 1. The molecule has 1 aromatic carbocycles. The summed E-state index contributed by atoms with van der Waals surface area (Å²) in [6.07, 6.45) is 2.76. The van der Waals surface area contributed by atoms with Crippen molar-refractivity contribution in [1.29, 1.82) is 0 Å². The van der Waals surface area contributed by atoms with Crippen LogP contribution >= 0.6 is 23.1 Å². The average Bonchev–Trinajstić information content (AvgIpc) is 3.34. The second-order valence-electron chi connectivity index (χ2n) is 5.68. The highest BCUT2D eigenvalue weighted by atomic mass is 32.2. The molecule has 144 valence electrons. The molecular weight excluding hydrogens is 422 g/mol. The quantitative estimate of drug-likeness (QED) is 0.586. The van der Waals surface area contributed by atoms with E-state index in [0.29, 0.717) is 17.4 Å². The largest absolute Gasteiger partial charge is 0.322 e. The summed E-state index contributed by atoms with van der Waals surface area (Å²) in [5.41, 5.74) is -0.0924. The van der Waals surface area contributed by atoms with Crippen LogP contribution in [0.1, 0.15) is 10.4 Å². The van der Waals surface area contributed by atoms with Crippen molar-refractivity contribution in [3.05, 3.63) is 58.0 Å². The van der Waals surface area contributed by atoms with E-state index in [4.69, 9.17) is 0 Å². The van der Waals surface area contributed by atoms with Gasteiger partial charge in [-0.1, -0.05) is 11.8 Å². The smallest absolute Gasteiger partial charge is 0.267 e. The van der Waals surface area contributed by atoms with Gasteiger partial charge in [-0.05, 0) is 24.3 Å². The summed E-state index contributed by atoms with van der Waals surface area (Å²) in [6, 6.07) is 5.61. The van der Waals surface area contributed by atoms with Crippen molar-refractivity contribution in [1.82, 2.24) is 14.5 Å². The third-order valence-corrected chi connectivity index (χ3v) is 7.02. The van der Waals surface area contributed by atoms with Gasteiger partial charge in [-0.25, -0.2) is 18.4 Å². The maximum Gasteiger partial charge on any atom is 0.267 e. The Bertz CT molecular complexity index is 1190. The Hall–Kier alpha value is -2.70. The normalized spacial score (nSPS) is 13.1. The van der Waals surface area contributed by atoms with Gasteiger partial charge in [0.05, 0.1) is 4.90 Å². The number of hydrogen-bond donors (Lipinski definition) is 2. The Kier molecular flexibility index (Phi) is 4.91. The van der Waals surface area contributed by atoms with Crippen molar-refractivity contribution >= 4 is 49.8 Å². The first-order valence-electron chi connectivity index (χ1n) is 8.00. The van der Waals surface area contributed by atoms with Crippen LogP contribution in [0.25, 0.3) is 0 Å². The Morgan fingerprint density at radius 3 is 2.68 bits per heavy atom. The molecule has 12 heteroatoms. The lowest BCUT2D eigenvalue weighted by atomic mass is 10.2. The zero-order valence-corrected chi connectivity index (χ0v) is 16.6. The molecule has 1 aliphatic rings. The second kappa shape index (κ2) is 7.37. The van der Waals surface area contributed by atoms with E-state index < -0.39 is 15.9 Å². The molecule has 3 aromatic rings. The van der Waals surface area contributed by atoms with Gasteiger partial charge in [0.2, 0.25) is 0 Å². The predicted octanol–water partition coefficient (Wildman–Crippen LogP) is 1.86. The monoisotopic (exact) mass is 435 g/mol. The maximum absolute atomic E-state index is 12.4. The minimum absolute atomic E-state index is 0.0250. The highest BCUT2D eigenvalue weighted by Gasteiger charge is 2.20. The number of amides is 1. The highest BCUT2D eigenvalue weighted by molar-refractivity contribution is 7.99. The topological polar surface area (TPSA) is 123 Å². The number of aromatic nitrogens is 3. The van der Waals surface area contributed by atoms with Crippen LogP contribution in [0.4, 0.5) is 10.8 Å². The molecule has 1 aliphatic heterocycles. The van der Waals surface area contributed by atoms with E-state index in [2.05, 4.69) is 20.0 Å². The van der Waals surface area contributed by atoms with Gasteiger partial charge in [-0.2, -0.15) is 0 Å². The number of nitrogens with zero attached hydrogens (tertiary/aromatic N) is 3. The van der Waals surface area contributed by atoms with Crippen molar-refractivity contribution in [3.63, 3.8) is 0 Å². The zero-order chi connectivity index (χ0) is 19.7. The molecule has 0 radical (unpaired) electrons. The second-order valence-corrected chi connectivity index (χ2v) is 9.32. The lowest BCUT2D eigenvalue weighted by molar-refractivity contribution is 0.102. The number of hydrogen-bond acceptors (Lipinski definition) is 8. The fourth-order valence-corrected chi connectivity index (χ4v) is 5.24. The SMILES string of the molecule is O=C(Nc1ccc(S(=O)(=O)Nc2nccs2)cc1)c1cnc2n(c1=O)CCS2. The van der Waals surface area contributed by atoms with Crippen molar-refractivity contribution in [3.8, 4) is 0 Å². The Morgan fingerprint density at radius 2 is 1.96 bits per heavy atom. The first-order valence-corrected chi connectivity index (χ1v) is 11.4. The van der Waals surface area contributed by atoms with Crippen molar-refractivity contribution in [2.75, 3.05) is 15.8 Å². The van der Waals surface area contributed by atoms with Crippen molar-refractivity contribution < 1.29 is 13.2 Å². The molecule has 4 rings (SSSR count). The van der Waals surface area contributed by atoms with Gasteiger partial charge in [-0.3, -0.25) is 18.9 Å². The van der Waals surface area contributed by atoms with Crippen LogP contribution in [0, 0.1) is 0 Å². The molecule has 1 amide bonds. The van der Waals surface area contributed by atoms with E-state index in [1.807, 2.05) is 0 Å². The first kappa shape index (κ1) is 18.7. The molecule has 0 atom stereocenters. The van der Waals surface area contributed by atoms with Crippen LogP contribution in [-0.2, 0) is 16.6 Å². The highest BCUT2D eigenvalue weighted by Crippen LogP contribution is 2.21. The van der Waals surface area contributed by atoms with Crippen LogP contribution in [0.15, 0.2) is 56.9 Å². The molecule has 0 saturated heterocycles. The van der Waals surface area contributed by atoms with Gasteiger partial charge in [0.1, 0.15) is 5.56 Å². The minimum atomic E-state index is -3.77. The number of rotatable bonds is 5. The average molecular weight is 436 g/mol. The third kappa shape index (κ3) is 3.66. The van der Waals surface area contributed by atoms with Gasteiger partial charge in [0.15, 0.2) is 10.3 Å². The van der Waals surface area contributed by atoms with E-state index in [9.17, 15) is 18.0 Å². The van der Waals surface area contributed by atoms with E-state index in [1.165, 1.54) is 64.3 Å². The molecule has 9 nitrogen and oxygen atoms in total. The first-order chi connectivity index (χ1) is 13.4. The summed E-state index contributed by atoms with van der Waals surface area (Å²) >= 11 is 2.63. The summed E-state index contributed by atoms with van der Waals surface area (Å²) in [7, 11) is -3.77. The van der Waals surface area contributed by atoms with Gasteiger partial charge in [0.25, 0.3) is 21.5 Å². The summed E-state index contributed by atoms with van der Waals surface area (Å²) in [5.74, 6) is 0.152. The predicted molar refractivity (Wildman–Crippen MR) is 107 cm³/mol. The van der Waals surface area contributed by atoms with Gasteiger partial charge < -0.3 is 5.32 Å².